The third kappa shape index (κ3) is 2.47. The first-order valence-corrected chi connectivity index (χ1v) is 6.83. The summed E-state index contributed by atoms with van der Waals surface area (Å²) < 4.78 is 6.05. The van der Waals surface area contributed by atoms with Crippen molar-refractivity contribution in [2.75, 3.05) is 0 Å². The Kier molecular flexibility index (Phi) is 3.18. The van der Waals surface area contributed by atoms with E-state index >= 15 is 0 Å². The summed E-state index contributed by atoms with van der Waals surface area (Å²) in [4.78, 5) is 4.44. The maximum Gasteiger partial charge on any atom is 0.138 e. The minimum absolute atomic E-state index is 0.379. The molecule has 0 spiro atoms. The summed E-state index contributed by atoms with van der Waals surface area (Å²) in [5, 5.41) is 1.15. The van der Waals surface area contributed by atoms with Gasteiger partial charge in [-0.2, -0.15) is 0 Å². The zero-order valence-electron chi connectivity index (χ0n) is 10.8. The fourth-order valence-corrected chi connectivity index (χ4v) is 2.66. The second-order valence-corrected chi connectivity index (χ2v) is 5.36. The van der Waals surface area contributed by atoms with Crippen LogP contribution in [0, 0.1) is 5.92 Å². The van der Waals surface area contributed by atoms with Crippen LogP contribution in [0.5, 0.6) is 5.75 Å². The summed E-state index contributed by atoms with van der Waals surface area (Å²) >= 11 is 0. The maximum absolute atomic E-state index is 6.05. The summed E-state index contributed by atoms with van der Waals surface area (Å²) in [5.41, 5.74) is 1.03. The third-order valence-corrected chi connectivity index (χ3v) is 3.83. The molecular formula is C16H19NO. The van der Waals surface area contributed by atoms with Gasteiger partial charge < -0.3 is 4.74 Å². The number of aromatic nitrogens is 1. The van der Waals surface area contributed by atoms with Gasteiger partial charge in [-0.25, -0.2) is 0 Å². The van der Waals surface area contributed by atoms with Crippen molar-refractivity contribution in [3.05, 3.63) is 36.5 Å². The van der Waals surface area contributed by atoms with Crippen LogP contribution in [0.15, 0.2) is 36.5 Å². The van der Waals surface area contributed by atoms with E-state index in [-0.39, 0.29) is 0 Å². The van der Waals surface area contributed by atoms with Crippen LogP contribution in [-0.4, -0.2) is 11.1 Å². The molecule has 1 aromatic heterocycles. The number of ether oxygens (including phenoxy) is 1. The molecule has 0 radical (unpaired) electrons. The minimum atomic E-state index is 0.379. The Morgan fingerprint density at radius 1 is 1.11 bits per heavy atom. The van der Waals surface area contributed by atoms with E-state index in [4.69, 9.17) is 4.74 Å². The molecule has 94 valence electrons. The van der Waals surface area contributed by atoms with Crippen LogP contribution < -0.4 is 4.74 Å². The third-order valence-electron chi connectivity index (χ3n) is 3.83. The number of para-hydroxylation sites is 1. The second-order valence-electron chi connectivity index (χ2n) is 5.36. The molecule has 1 aliphatic rings. The van der Waals surface area contributed by atoms with Gasteiger partial charge in [0.25, 0.3) is 0 Å². The maximum atomic E-state index is 6.05. The number of hydrogen-bond donors (Lipinski definition) is 0. The van der Waals surface area contributed by atoms with Crippen molar-refractivity contribution in [2.24, 2.45) is 5.92 Å². The molecule has 2 heteroatoms. The Morgan fingerprint density at radius 2 is 1.89 bits per heavy atom. The van der Waals surface area contributed by atoms with Gasteiger partial charge in [-0.3, -0.25) is 4.98 Å². The molecule has 0 atom stereocenters. The highest BCUT2D eigenvalue weighted by atomic mass is 16.5. The van der Waals surface area contributed by atoms with E-state index in [9.17, 15) is 0 Å². The van der Waals surface area contributed by atoms with E-state index in [0.717, 1.165) is 22.6 Å². The zero-order valence-corrected chi connectivity index (χ0v) is 10.8. The first-order chi connectivity index (χ1) is 8.81. The quantitative estimate of drug-likeness (QED) is 0.786. The summed E-state index contributed by atoms with van der Waals surface area (Å²) in [6, 6.07) is 10.3. The van der Waals surface area contributed by atoms with Crippen LogP contribution in [0.2, 0.25) is 0 Å². The topological polar surface area (TPSA) is 22.1 Å². The monoisotopic (exact) mass is 241 g/mol. The van der Waals surface area contributed by atoms with E-state index < -0.39 is 0 Å². The van der Waals surface area contributed by atoms with Crippen LogP contribution in [-0.2, 0) is 0 Å². The molecule has 1 aliphatic carbocycles. The van der Waals surface area contributed by atoms with Gasteiger partial charge in [-0.15, -0.1) is 0 Å². The minimum Gasteiger partial charge on any atom is -0.489 e. The SMILES string of the molecule is CC1CCC(Oc2cnc3ccccc3c2)CC1. The summed E-state index contributed by atoms with van der Waals surface area (Å²) in [6.07, 6.45) is 7.14. The van der Waals surface area contributed by atoms with Gasteiger partial charge in [-0.1, -0.05) is 25.1 Å². The van der Waals surface area contributed by atoms with Crippen molar-refractivity contribution < 1.29 is 4.74 Å². The van der Waals surface area contributed by atoms with Gasteiger partial charge in [0, 0.05) is 5.39 Å². The van der Waals surface area contributed by atoms with Crippen LogP contribution >= 0.6 is 0 Å². The van der Waals surface area contributed by atoms with Gasteiger partial charge in [0.1, 0.15) is 5.75 Å². The Morgan fingerprint density at radius 3 is 2.72 bits per heavy atom. The highest BCUT2D eigenvalue weighted by Crippen LogP contribution is 2.27. The Labute approximate surface area is 108 Å². The lowest BCUT2D eigenvalue weighted by Gasteiger charge is -2.26. The number of rotatable bonds is 2. The standard InChI is InChI=1S/C16H19NO/c1-12-6-8-14(9-7-12)18-15-10-13-4-2-3-5-16(13)17-11-15/h2-5,10-12,14H,6-9H2,1H3. The van der Waals surface area contributed by atoms with Crippen LogP contribution in [0.25, 0.3) is 10.9 Å². The normalized spacial score (nSPS) is 24.1. The molecule has 18 heavy (non-hydrogen) atoms. The highest BCUT2D eigenvalue weighted by molar-refractivity contribution is 5.79. The molecule has 3 rings (SSSR count). The summed E-state index contributed by atoms with van der Waals surface area (Å²) in [5.74, 6) is 1.77. The smallest absolute Gasteiger partial charge is 0.138 e. The van der Waals surface area contributed by atoms with Crippen molar-refractivity contribution in [3.8, 4) is 5.75 Å². The lowest BCUT2D eigenvalue weighted by molar-refractivity contribution is 0.135. The van der Waals surface area contributed by atoms with Crippen molar-refractivity contribution in [3.63, 3.8) is 0 Å². The first-order valence-electron chi connectivity index (χ1n) is 6.83. The molecule has 0 bridgehead atoms. The molecule has 0 N–H and O–H groups in total. The first kappa shape index (κ1) is 11.5. The molecule has 2 aromatic rings. The average molecular weight is 241 g/mol. The molecular weight excluding hydrogens is 222 g/mol. The molecule has 0 unspecified atom stereocenters. The zero-order chi connectivity index (χ0) is 12.4. The van der Waals surface area contributed by atoms with Crippen molar-refractivity contribution >= 4 is 10.9 Å². The fraction of sp³-hybridized carbons (Fsp3) is 0.438. The van der Waals surface area contributed by atoms with E-state index in [1.807, 2.05) is 24.4 Å². The summed E-state index contributed by atoms with van der Waals surface area (Å²) in [7, 11) is 0. The van der Waals surface area contributed by atoms with Gasteiger partial charge in [-0.05, 0) is 43.7 Å². The average Bonchev–Trinajstić information content (AvgIpc) is 2.41. The van der Waals surface area contributed by atoms with Gasteiger partial charge in [0.15, 0.2) is 0 Å². The number of hydrogen-bond acceptors (Lipinski definition) is 2. The Balaban J connectivity index is 1.74. The van der Waals surface area contributed by atoms with Gasteiger partial charge in [0.05, 0.1) is 17.8 Å². The van der Waals surface area contributed by atoms with E-state index in [2.05, 4.69) is 24.0 Å². The van der Waals surface area contributed by atoms with Crippen molar-refractivity contribution in [1.29, 1.82) is 0 Å². The van der Waals surface area contributed by atoms with E-state index in [1.165, 1.54) is 25.7 Å². The second kappa shape index (κ2) is 4.97. The van der Waals surface area contributed by atoms with Crippen LogP contribution in [0.1, 0.15) is 32.6 Å². The lowest BCUT2D eigenvalue weighted by atomic mass is 9.89. The molecule has 1 heterocycles. The fourth-order valence-electron chi connectivity index (χ4n) is 2.66. The van der Waals surface area contributed by atoms with Crippen molar-refractivity contribution in [2.45, 2.75) is 38.7 Å². The van der Waals surface area contributed by atoms with Gasteiger partial charge >= 0.3 is 0 Å². The molecule has 0 amide bonds. The number of pyridine rings is 1. The van der Waals surface area contributed by atoms with Crippen LogP contribution in [0.4, 0.5) is 0 Å². The highest BCUT2D eigenvalue weighted by Gasteiger charge is 2.19. The molecule has 1 aromatic carbocycles. The van der Waals surface area contributed by atoms with E-state index in [1.54, 1.807) is 0 Å². The van der Waals surface area contributed by atoms with Crippen LogP contribution in [0.3, 0.4) is 0 Å². The van der Waals surface area contributed by atoms with Crippen molar-refractivity contribution in [1.82, 2.24) is 4.98 Å². The van der Waals surface area contributed by atoms with E-state index in [0.29, 0.717) is 6.10 Å². The van der Waals surface area contributed by atoms with Gasteiger partial charge in [0.2, 0.25) is 0 Å². The molecule has 0 aliphatic heterocycles. The molecule has 2 nitrogen and oxygen atoms in total. The predicted octanol–water partition coefficient (Wildman–Crippen LogP) is 4.19. The largest absolute Gasteiger partial charge is 0.489 e. The summed E-state index contributed by atoms with van der Waals surface area (Å²) in [6.45, 7) is 2.33. The number of fused-ring (bicyclic) bond motifs is 1. The number of benzene rings is 1. The Hall–Kier alpha value is -1.57. The number of nitrogens with zero attached hydrogens (tertiary/aromatic N) is 1. The lowest BCUT2D eigenvalue weighted by Crippen LogP contribution is -2.23. The molecule has 1 saturated carbocycles. The predicted molar refractivity (Wildman–Crippen MR) is 73.8 cm³/mol. The molecule has 1 fully saturated rings. The Bertz CT molecular complexity index is 529. The molecule has 0 saturated heterocycles.